The van der Waals surface area contributed by atoms with Gasteiger partial charge in [0.25, 0.3) is 5.91 Å². The molecular weight excluding hydrogens is 340 g/mol. The highest BCUT2D eigenvalue weighted by Crippen LogP contribution is 2.26. The molecule has 0 bridgehead atoms. The van der Waals surface area contributed by atoms with Crippen molar-refractivity contribution in [1.29, 1.82) is 0 Å². The fourth-order valence-electron chi connectivity index (χ4n) is 3.45. The Morgan fingerprint density at radius 2 is 2.11 bits per heavy atom. The van der Waals surface area contributed by atoms with Gasteiger partial charge in [0, 0.05) is 23.9 Å². The van der Waals surface area contributed by atoms with Crippen molar-refractivity contribution < 1.29 is 14.3 Å². The van der Waals surface area contributed by atoms with Gasteiger partial charge in [-0.05, 0) is 43.2 Å². The van der Waals surface area contributed by atoms with E-state index in [1.165, 1.54) is 5.56 Å². The Kier molecular flexibility index (Phi) is 4.67. The van der Waals surface area contributed by atoms with Crippen LogP contribution >= 0.6 is 0 Å². The summed E-state index contributed by atoms with van der Waals surface area (Å²) in [5, 5.41) is 3.96. The van der Waals surface area contributed by atoms with E-state index < -0.39 is 0 Å². The molecule has 1 aliphatic rings. The molecule has 1 unspecified atom stereocenters. The Balaban J connectivity index is 1.46. The maximum absolute atomic E-state index is 12.7. The van der Waals surface area contributed by atoms with Crippen molar-refractivity contribution in [2.45, 2.75) is 13.3 Å². The van der Waals surface area contributed by atoms with E-state index in [9.17, 15) is 4.79 Å². The van der Waals surface area contributed by atoms with Gasteiger partial charge in [0.1, 0.15) is 11.5 Å². The van der Waals surface area contributed by atoms with Crippen LogP contribution in [0.4, 0.5) is 0 Å². The molecule has 0 radical (unpaired) electrons. The second kappa shape index (κ2) is 7.27. The molecule has 1 N–H and O–H groups in total. The zero-order chi connectivity index (χ0) is 18.8. The summed E-state index contributed by atoms with van der Waals surface area (Å²) in [7, 11) is 1.63. The van der Waals surface area contributed by atoms with E-state index >= 15 is 0 Å². The summed E-state index contributed by atoms with van der Waals surface area (Å²) in [5.74, 6) is 1.87. The van der Waals surface area contributed by atoms with Crippen molar-refractivity contribution in [3.05, 3.63) is 65.4 Å². The second-order valence-corrected chi connectivity index (χ2v) is 6.88. The molecule has 3 aromatic rings. The number of pyridine rings is 1. The van der Waals surface area contributed by atoms with Gasteiger partial charge in [0.2, 0.25) is 0 Å². The molecule has 4 rings (SSSR count). The standard InChI is InChI=1S/C22H22N2O3/c1-14-19(10-16-7-8-18(26-2)11-20(16)24-14)22(25)23-12-15-9-17-5-3-4-6-21(17)27-13-15/h3-8,10-11,15H,9,12-13H2,1-2H3,(H,23,25). The molecule has 2 heterocycles. The van der Waals surface area contributed by atoms with Crippen LogP contribution in [0.2, 0.25) is 0 Å². The van der Waals surface area contributed by atoms with Crippen LogP contribution in [0.5, 0.6) is 11.5 Å². The number of hydrogen-bond donors (Lipinski definition) is 1. The minimum Gasteiger partial charge on any atom is -0.497 e. The van der Waals surface area contributed by atoms with Crippen LogP contribution in [0.1, 0.15) is 21.6 Å². The van der Waals surface area contributed by atoms with Crippen molar-refractivity contribution in [2.24, 2.45) is 5.92 Å². The number of nitrogens with zero attached hydrogens (tertiary/aromatic N) is 1. The van der Waals surface area contributed by atoms with Crippen LogP contribution in [0.25, 0.3) is 10.9 Å². The number of para-hydroxylation sites is 1. The Hall–Kier alpha value is -3.08. The first-order valence-corrected chi connectivity index (χ1v) is 9.08. The van der Waals surface area contributed by atoms with Crippen molar-refractivity contribution in [2.75, 3.05) is 20.3 Å². The van der Waals surface area contributed by atoms with Gasteiger partial charge in [0.15, 0.2) is 0 Å². The van der Waals surface area contributed by atoms with E-state index in [0.29, 0.717) is 24.4 Å². The lowest BCUT2D eigenvalue weighted by molar-refractivity contribution is 0.0938. The monoisotopic (exact) mass is 362 g/mol. The van der Waals surface area contributed by atoms with Crippen LogP contribution in [0.3, 0.4) is 0 Å². The maximum Gasteiger partial charge on any atom is 0.253 e. The third-order valence-corrected chi connectivity index (χ3v) is 4.97. The largest absolute Gasteiger partial charge is 0.497 e. The Labute approximate surface area is 158 Å². The third-order valence-electron chi connectivity index (χ3n) is 4.97. The van der Waals surface area contributed by atoms with E-state index in [2.05, 4.69) is 16.4 Å². The molecule has 5 nitrogen and oxygen atoms in total. The number of aromatic nitrogens is 1. The molecule has 138 valence electrons. The molecule has 1 aromatic heterocycles. The summed E-state index contributed by atoms with van der Waals surface area (Å²) in [4.78, 5) is 17.3. The summed E-state index contributed by atoms with van der Waals surface area (Å²) in [6, 6.07) is 15.6. The summed E-state index contributed by atoms with van der Waals surface area (Å²) >= 11 is 0. The van der Waals surface area contributed by atoms with E-state index in [4.69, 9.17) is 9.47 Å². The Bertz CT molecular complexity index is 1000. The van der Waals surface area contributed by atoms with Gasteiger partial charge in [-0.3, -0.25) is 9.78 Å². The number of carbonyl (C=O) groups excluding carboxylic acids is 1. The van der Waals surface area contributed by atoms with Gasteiger partial charge in [-0.2, -0.15) is 0 Å². The SMILES string of the molecule is COc1ccc2cc(C(=O)NCC3COc4ccccc4C3)c(C)nc2c1. The van der Waals surface area contributed by atoms with Gasteiger partial charge >= 0.3 is 0 Å². The average molecular weight is 362 g/mol. The number of aryl methyl sites for hydroxylation is 1. The van der Waals surface area contributed by atoms with Crippen LogP contribution in [-0.2, 0) is 6.42 Å². The first kappa shape index (κ1) is 17.3. The molecule has 0 saturated carbocycles. The highest BCUT2D eigenvalue weighted by atomic mass is 16.5. The fourth-order valence-corrected chi connectivity index (χ4v) is 3.45. The summed E-state index contributed by atoms with van der Waals surface area (Å²) in [5.41, 5.74) is 3.32. The van der Waals surface area contributed by atoms with Gasteiger partial charge in [-0.1, -0.05) is 18.2 Å². The molecule has 27 heavy (non-hydrogen) atoms. The lowest BCUT2D eigenvalue weighted by atomic mass is 9.96. The number of hydrogen-bond acceptors (Lipinski definition) is 4. The maximum atomic E-state index is 12.7. The first-order valence-electron chi connectivity index (χ1n) is 9.08. The third kappa shape index (κ3) is 3.58. The van der Waals surface area contributed by atoms with Crippen LogP contribution < -0.4 is 14.8 Å². The molecule has 0 saturated heterocycles. The average Bonchev–Trinajstić information content (AvgIpc) is 2.70. The van der Waals surface area contributed by atoms with Gasteiger partial charge in [-0.25, -0.2) is 0 Å². The number of rotatable bonds is 4. The second-order valence-electron chi connectivity index (χ2n) is 6.88. The molecular formula is C22H22N2O3. The number of carbonyl (C=O) groups is 1. The number of ether oxygens (including phenoxy) is 2. The smallest absolute Gasteiger partial charge is 0.253 e. The zero-order valence-corrected chi connectivity index (χ0v) is 15.5. The lowest BCUT2D eigenvalue weighted by Crippen LogP contribution is -2.35. The zero-order valence-electron chi connectivity index (χ0n) is 15.5. The molecule has 1 atom stereocenters. The molecule has 2 aromatic carbocycles. The van der Waals surface area contributed by atoms with Gasteiger partial charge in [-0.15, -0.1) is 0 Å². The minimum atomic E-state index is -0.100. The molecule has 1 amide bonds. The summed E-state index contributed by atoms with van der Waals surface area (Å²) in [6.45, 7) is 3.05. The summed E-state index contributed by atoms with van der Waals surface area (Å²) in [6.07, 6.45) is 0.908. The molecule has 0 fully saturated rings. The van der Waals surface area contributed by atoms with Crippen molar-refractivity contribution in [3.8, 4) is 11.5 Å². The number of amides is 1. The molecule has 0 spiro atoms. The number of methoxy groups -OCH3 is 1. The normalized spacial score (nSPS) is 15.7. The lowest BCUT2D eigenvalue weighted by Gasteiger charge is -2.25. The minimum absolute atomic E-state index is 0.100. The van der Waals surface area contributed by atoms with Gasteiger partial charge < -0.3 is 14.8 Å². The highest BCUT2D eigenvalue weighted by molar-refractivity contribution is 5.98. The fraction of sp³-hybridized carbons (Fsp3) is 0.273. The highest BCUT2D eigenvalue weighted by Gasteiger charge is 2.21. The van der Waals surface area contributed by atoms with Crippen LogP contribution in [-0.4, -0.2) is 31.2 Å². The quantitative estimate of drug-likeness (QED) is 0.771. The van der Waals surface area contributed by atoms with Crippen molar-refractivity contribution in [3.63, 3.8) is 0 Å². The predicted octanol–water partition coefficient (Wildman–Crippen LogP) is 3.53. The van der Waals surface area contributed by atoms with Gasteiger partial charge in [0.05, 0.1) is 30.5 Å². The van der Waals surface area contributed by atoms with Crippen LogP contribution in [0.15, 0.2) is 48.5 Å². The molecule has 0 aliphatic carbocycles. The van der Waals surface area contributed by atoms with E-state index in [1.807, 2.05) is 49.4 Å². The van der Waals surface area contributed by atoms with E-state index in [1.54, 1.807) is 7.11 Å². The first-order chi connectivity index (χ1) is 13.1. The Morgan fingerprint density at radius 3 is 2.96 bits per heavy atom. The van der Waals surface area contributed by atoms with Crippen molar-refractivity contribution in [1.82, 2.24) is 10.3 Å². The number of benzene rings is 2. The number of nitrogens with one attached hydrogen (secondary N) is 1. The predicted molar refractivity (Wildman–Crippen MR) is 104 cm³/mol. The Morgan fingerprint density at radius 1 is 1.26 bits per heavy atom. The molecule has 1 aliphatic heterocycles. The van der Waals surface area contributed by atoms with E-state index in [-0.39, 0.29) is 11.8 Å². The molecule has 5 heteroatoms. The van der Waals surface area contributed by atoms with Crippen LogP contribution in [0, 0.1) is 12.8 Å². The van der Waals surface area contributed by atoms with E-state index in [0.717, 1.165) is 28.8 Å². The topological polar surface area (TPSA) is 60.5 Å². The van der Waals surface area contributed by atoms with Crippen molar-refractivity contribution >= 4 is 16.8 Å². The number of fused-ring (bicyclic) bond motifs is 2. The summed E-state index contributed by atoms with van der Waals surface area (Å²) < 4.78 is 11.0.